The highest BCUT2D eigenvalue weighted by molar-refractivity contribution is 7.52. The van der Waals surface area contributed by atoms with Gasteiger partial charge in [-0.15, -0.1) is 6.58 Å². The molecule has 0 aliphatic heterocycles. The Hall–Kier alpha value is -0.590. The fraction of sp³-hybridized carbons (Fsp3) is 0.684. The van der Waals surface area contributed by atoms with Crippen molar-refractivity contribution in [2.45, 2.75) is 70.6 Å². The molecule has 0 heterocycles. The third-order valence-electron chi connectivity index (χ3n) is 4.26. The van der Waals surface area contributed by atoms with Crippen LogP contribution in [0.5, 0.6) is 0 Å². The van der Waals surface area contributed by atoms with Crippen LogP contribution in [-0.2, 0) is 9.26 Å². The van der Waals surface area contributed by atoms with Crippen LogP contribution in [0, 0.1) is 0 Å². The summed E-state index contributed by atoms with van der Waals surface area (Å²) in [6.07, 6.45) is 10.1. The molecule has 0 aromatic heterocycles. The zero-order chi connectivity index (χ0) is 17.0. The van der Waals surface area contributed by atoms with Crippen molar-refractivity contribution in [2.24, 2.45) is 0 Å². The number of unbranched alkanes of at least 4 members (excludes halogenated alkanes) is 1. The van der Waals surface area contributed by atoms with E-state index in [4.69, 9.17) is 9.26 Å². The van der Waals surface area contributed by atoms with Gasteiger partial charge in [0, 0.05) is 20.4 Å². The lowest BCUT2D eigenvalue weighted by Gasteiger charge is -2.37. The number of rotatable bonds is 14. The normalized spacial score (nSPS) is 14.2. The van der Waals surface area contributed by atoms with Gasteiger partial charge in [-0.2, -0.15) is 0 Å². The Morgan fingerprint density at radius 3 is 2.32 bits per heavy atom. The van der Waals surface area contributed by atoms with Crippen LogP contribution < -0.4 is 0 Å². The van der Waals surface area contributed by atoms with Gasteiger partial charge >= 0.3 is 0 Å². The Morgan fingerprint density at radius 2 is 1.86 bits per heavy atom. The third kappa shape index (κ3) is 7.61. The van der Waals surface area contributed by atoms with Crippen molar-refractivity contribution in [1.29, 1.82) is 0 Å². The van der Waals surface area contributed by atoms with Crippen molar-refractivity contribution in [3.8, 4) is 0 Å². The molecule has 0 saturated heterocycles. The molecule has 0 aliphatic rings. The van der Waals surface area contributed by atoms with Gasteiger partial charge in [0.15, 0.2) is 0 Å². The maximum absolute atomic E-state index is 6.17. The summed E-state index contributed by atoms with van der Waals surface area (Å²) in [7, 11) is -0.436. The molecule has 0 saturated carbocycles. The van der Waals surface area contributed by atoms with Crippen molar-refractivity contribution in [3.05, 3.63) is 37.6 Å². The van der Waals surface area contributed by atoms with E-state index in [1.54, 1.807) is 6.08 Å². The zero-order valence-corrected chi connectivity index (χ0v) is 16.0. The Bertz CT molecular complexity index is 334. The molecule has 0 bridgehead atoms. The summed E-state index contributed by atoms with van der Waals surface area (Å²) in [6.45, 7) is 21.0. The second-order valence-electron chi connectivity index (χ2n) is 5.70. The van der Waals surface area contributed by atoms with Crippen molar-refractivity contribution in [2.75, 3.05) is 13.3 Å². The molecule has 2 atom stereocenters. The van der Waals surface area contributed by atoms with E-state index in [9.17, 15) is 0 Å². The molecular weight excluding hydrogens is 291 g/mol. The van der Waals surface area contributed by atoms with Crippen molar-refractivity contribution in [1.82, 2.24) is 0 Å². The van der Waals surface area contributed by atoms with E-state index in [1.165, 1.54) is 12.8 Å². The second-order valence-corrected chi connectivity index (χ2v) is 7.78. The highest BCUT2D eigenvalue weighted by Gasteiger charge is 2.34. The van der Waals surface area contributed by atoms with Crippen LogP contribution in [0.4, 0.5) is 0 Å². The fourth-order valence-corrected chi connectivity index (χ4v) is 4.45. The molecule has 2 nitrogen and oxygen atoms in total. The Labute approximate surface area is 139 Å². The summed E-state index contributed by atoms with van der Waals surface area (Å²) in [4.78, 5) is 0. The van der Waals surface area contributed by atoms with E-state index in [-0.39, 0.29) is 5.60 Å². The summed E-state index contributed by atoms with van der Waals surface area (Å²) in [5, 5.41) is 0. The van der Waals surface area contributed by atoms with Gasteiger partial charge in [-0.3, -0.25) is 0 Å². The van der Waals surface area contributed by atoms with Crippen LogP contribution in [0.25, 0.3) is 0 Å². The van der Waals surface area contributed by atoms with Gasteiger partial charge in [-0.1, -0.05) is 33.1 Å². The minimum Gasteiger partial charge on any atom is -0.488 e. The summed E-state index contributed by atoms with van der Waals surface area (Å²) in [6, 6.07) is 0. The van der Waals surface area contributed by atoms with Gasteiger partial charge in [0.25, 0.3) is 0 Å². The fourth-order valence-electron chi connectivity index (χ4n) is 2.69. The van der Waals surface area contributed by atoms with Crippen LogP contribution in [0.1, 0.15) is 59.3 Å². The Kier molecular flexibility index (Phi) is 11.6. The highest BCUT2D eigenvalue weighted by Crippen LogP contribution is 2.46. The average molecular weight is 326 g/mol. The van der Waals surface area contributed by atoms with E-state index in [0.29, 0.717) is 11.4 Å². The number of hydrogen-bond acceptors (Lipinski definition) is 2. The lowest BCUT2D eigenvalue weighted by molar-refractivity contribution is -0.00757. The van der Waals surface area contributed by atoms with Crippen LogP contribution in [-0.4, -0.2) is 24.5 Å². The molecule has 0 aliphatic carbocycles. The van der Waals surface area contributed by atoms with E-state index in [0.717, 1.165) is 32.3 Å². The van der Waals surface area contributed by atoms with E-state index in [1.807, 2.05) is 6.08 Å². The monoisotopic (exact) mass is 326 g/mol. The van der Waals surface area contributed by atoms with Crippen LogP contribution in [0.15, 0.2) is 37.6 Å². The first-order valence-corrected chi connectivity index (χ1v) is 10.2. The largest absolute Gasteiger partial charge is 0.488 e. The summed E-state index contributed by atoms with van der Waals surface area (Å²) >= 11 is 0. The first kappa shape index (κ1) is 21.4. The van der Waals surface area contributed by atoms with Crippen LogP contribution >= 0.6 is 8.15 Å². The van der Waals surface area contributed by atoms with Gasteiger partial charge in [0.2, 0.25) is 0 Å². The molecule has 3 heteroatoms. The maximum Gasteiger partial charge on any atom is 0.112 e. The molecule has 0 N–H and O–H groups in total. The summed E-state index contributed by atoms with van der Waals surface area (Å²) < 4.78 is 12.1. The summed E-state index contributed by atoms with van der Waals surface area (Å²) in [5.74, 6) is 0.672. The van der Waals surface area contributed by atoms with Gasteiger partial charge < -0.3 is 9.26 Å². The first-order chi connectivity index (χ1) is 10.5. The number of hydrogen-bond donors (Lipinski definition) is 0. The van der Waals surface area contributed by atoms with Crippen molar-refractivity contribution in [3.63, 3.8) is 0 Å². The van der Waals surface area contributed by atoms with Gasteiger partial charge in [0.05, 0.1) is 0 Å². The second kappa shape index (κ2) is 11.9. The minimum atomic E-state index is -0.436. The third-order valence-corrected chi connectivity index (χ3v) is 6.40. The topological polar surface area (TPSA) is 18.5 Å². The van der Waals surface area contributed by atoms with Gasteiger partial charge in [0.1, 0.15) is 11.4 Å². The van der Waals surface area contributed by atoms with Crippen LogP contribution in [0.3, 0.4) is 0 Å². The molecule has 0 amide bonds. The van der Waals surface area contributed by atoms with E-state index in [2.05, 4.69) is 47.2 Å². The maximum atomic E-state index is 6.17. The van der Waals surface area contributed by atoms with Gasteiger partial charge in [-0.05, 0) is 58.2 Å². The lowest BCUT2D eigenvalue weighted by Crippen LogP contribution is -2.35. The van der Waals surface area contributed by atoms with Gasteiger partial charge in [-0.25, -0.2) is 0 Å². The van der Waals surface area contributed by atoms with Crippen molar-refractivity contribution < 1.29 is 9.26 Å². The number of allylic oxidation sites excluding steroid dienone is 2. The average Bonchev–Trinajstić information content (AvgIpc) is 2.53. The molecule has 0 rings (SSSR count). The smallest absolute Gasteiger partial charge is 0.112 e. The van der Waals surface area contributed by atoms with Crippen LogP contribution in [0.2, 0.25) is 0 Å². The molecule has 0 radical (unpaired) electrons. The molecule has 0 spiro atoms. The molecule has 0 fully saturated rings. The van der Waals surface area contributed by atoms with E-state index >= 15 is 0 Å². The first-order valence-electron chi connectivity index (χ1n) is 8.45. The predicted molar refractivity (Wildman–Crippen MR) is 101 cm³/mol. The van der Waals surface area contributed by atoms with Crippen molar-refractivity contribution >= 4 is 8.15 Å². The SMILES string of the molecule is C=CCCCC(CC(CC)(CC)OC(=C)C=C)P(C)OCC. The lowest BCUT2D eigenvalue weighted by atomic mass is 9.89. The molecule has 22 heavy (non-hydrogen) atoms. The predicted octanol–water partition coefficient (Wildman–Crippen LogP) is 6.44. The quantitative estimate of drug-likeness (QED) is 0.120. The molecule has 2 unspecified atom stereocenters. The zero-order valence-electron chi connectivity index (χ0n) is 15.1. The summed E-state index contributed by atoms with van der Waals surface area (Å²) in [5.41, 5.74) is 0.394. The minimum absolute atomic E-state index is 0.155. The standard InChI is InChI=1S/C19H35O2P/c1-8-13-14-15-18(22(7)20-12-5)16-19(10-3,11-4)21-17(6)9-2/h8-9,18H,1-2,6,10-16H2,3-5,7H3. The number of ether oxygens (including phenoxy) is 1. The van der Waals surface area contributed by atoms with E-state index < -0.39 is 8.15 Å². The highest BCUT2D eigenvalue weighted by atomic mass is 31.1. The molecule has 0 aromatic carbocycles. The molecular formula is C19H35O2P. The Morgan fingerprint density at radius 1 is 1.23 bits per heavy atom. The molecule has 0 aromatic rings. The Balaban J connectivity index is 5.02. The molecule has 128 valence electrons.